The molecule has 4 aromatic heterocycles. The van der Waals surface area contributed by atoms with Crippen molar-refractivity contribution in [3.8, 4) is 11.3 Å². The van der Waals surface area contributed by atoms with Crippen LogP contribution in [0.1, 0.15) is 17.3 Å². The molecule has 0 aliphatic carbocycles. The maximum absolute atomic E-state index is 14.0. The molecule has 35 heavy (non-hydrogen) atoms. The van der Waals surface area contributed by atoms with Crippen LogP contribution < -0.4 is 10.2 Å². The Morgan fingerprint density at radius 2 is 1.97 bits per heavy atom. The minimum Gasteiger partial charge on any atom is -0.360 e. The molecule has 5 heterocycles. The normalized spacial score (nSPS) is 15.1. The maximum Gasteiger partial charge on any atom is 0.228 e. The zero-order valence-corrected chi connectivity index (χ0v) is 19.8. The van der Waals surface area contributed by atoms with Crippen LogP contribution in [0.25, 0.3) is 16.9 Å². The Morgan fingerprint density at radius 3 is 2.77 bits per heavy atom. The predicted octanol–water partition coefficient (Wildman–Crippen LogP) is 4.23. The summed E-state index contributed by atoms with van der Waals surface area (Å²) in [6.07, 6.45) is 4.06. The van der Waals surface area contributed by atoms with Crippen molar-refractivity contribution in [3.05, 3.63) is 77.1 Å². The summed E-state index contributed by atoms with van der Waals surface area (Å²) in [4.78, 5) is 11.2. The highest BCUT2D eigenvalue weighted by molar-refractivity contribution is 6.30. The van der Waals surface area contributed by atoms with Crippen LogP contribution in [0.4, 0.5) is 22.0 Å². The molecular formula is C24H21ClFN9. The van der Waals surface area contributed by atoms with Crippen LogP contribution in [0.15, 0.2) is 54.9 Å². The molecule has 1 aliphatic heterocycles. The van der Waals surface area contributed by atoms with E-state index >= 15 is 0 Å². The van der Waals surface area contributed by atoms with E-state index in [9.17, 15) is 4.39 Å². The number of pyridine rings is 1. The molecule has 0 fully saturated rings. The zero-order valence-electron chi connectivity index (χ0n) is 19.0. The number of nitrogens with one attached hydrogen (secondary N) is 1. The topological polar surface area (TPSA) is 89.1 Å². The van der Waals surface area contributed by atoms with E-state index < -0.39 is 5.82 Å². The zero-order chi connectivity index (χ0) is 24.1. The van der Waals surface area contributed by atoms with Crippen LogP contribution in [0.5, 0.6) is 0 Å². The van der Waals surface area contributed by atoms with Gasteiger partial charge in [-0.25, -0.2) is 14.4 Å². The number of benzene rings is 1. The average molecular weight is 490 g/mol. The third kappa shape index (κ3) is 3.85. The van der Waals surface area contributed by atoms with Gasteiger partial charge in [0.15, 0.2) is 5.65 Å². The molecule has 0 saturated heterocycles. The first kappa shape index (κ1) is 21.5. The van der Waals surface area contributed by atoms with Crippen LogP contribution in [-0.4, -0.2) is 47.9 Å². The molecule has 0 amide bonds. The summed E-state index contributed by atoms with van der Waals surface area (Å²) >= 11 is 5.85. The van der Waals surface area contributed by atoms with E-state index in [2.05, 4.69) is 41.0 Å². The first-order valence-corrected chi connectivity index (χ1v) is 11.5. The highest BCUT2D eigenvalue weighted by atomic mass is 35.5. The van der Waals surface area contributed by atoms with Gasteiger partial charge in [-0.3, -0.25) is 9.08 Å². The van der Waals surface area contributed by atoms with Gasteiger partial charge in [0, 0.05) is 44.4 Å². The Bertz CT molecular complexity index is 1560. The highest BCUT2D eigenvalue weighted by Gasteiger charge is 2.29. The van der Waals surface area contributed by atoms with Gasteiger partial charge in [-0.15, -0.1) is 10.2 Å². The Kier molecular flexibility index (Phi) is 5.10. The van der Waals surface area contributed by atoms with Gasteiger partial charge < -0.3 is 10.2 Å². The molecule has 9 nitrogen and oxygen atoms in total. The fourth-order valence-electron chi connectivity index (χ4n) is 4.52. The van der Waals surface area contributed by atoms with Gasteiger partial charge in [0.1, 0.15) is 23.3 Å². The molecule has 0 radical (unpaired) electrons. The van der Waals surface area contributed by atoms with Crippen molar-refractivity contribution in [2.45, 2.75) is 12.3 Å². The molecule has 0 saturated carbocycles. The summed E-state index contributed by atoms with van der Waals surface area (Å²) < 4.78 is 17.8. The molecular weight excluding hydrogens is 469 g/mol. The van der Waals surface area contributed by atoms with E-state index in [-0.39, 0.29) is 10.9 Å². The molecule has 1 aliphatic rings. The van der Waals surface area contributed by atoms with Crippen LogP contribution in [-0.2, 0) is 13.5 Å². The number of likely N-dealkylation sites (N-methyl/N-ethyl adjacent to an activating group) is 1. The third-order valence-electron chi connectivity index (χ3n) is 6.24. The Hall–Kier alpha value is -4.05. The second kappa shape index (κ2) is 8.31. The second-order valence-corrected chi connectivity index (χ2v) is 9.02. The Balaban J connectivity index is 1.35. The van der Waals surface area contributed by atoms with Crippen molar-refractivity contribution in [2.24, 2.45) is 7.05 Å². The predicted molar refractivity (Wildman–Crippen MR) is 132 cm³/mol. The molecule has 5 aromatic rings. The average Bonchev–Trinajstić information content (AvgIpc) is 3.46. The summed E-state index contributed by atoms with van der Waals surface area (Å²) in [5, 5.41) is 16.4. The van der Waals surface area contributed by atoms with Gasteiger partial charge in [-0.2, -0.15) is 5.10 Å². The Morgan fingerprint density at radius 1 is 1.09 bits per heavy atom. The van der Waals surface area contributed by atoms with E-state index in [1.165, 1.54) is 6.07 Å². The van der Waals surface area contributed by atoms with Gasteiger partial charge in [0.2, 0.25) is 5.95 Å². The van der Waals surface area contributed by atoms with E-state index in [1.807, 2.05) is 38.4 Å². The lowest BCUT2D eigenvalue weighted by Gasteiger charge is -2.31. The van der Waals surface area contributed by atoms with Crippen molar-refractivity contribution in [3.63, 3.8) is 0 Å². The lowest BCUT2D eigenvalue weighted by atomic mass is 9.96. The lowest BCUT2D eigenvalue weighted by Crippen LogP contribution is -2.33. The number of hydrogen-bond donors (Lipinski definition) is 1. The summed E-state index contributed by atoms with van der Waals surface area (Å²) in [5.74, 6) is 2.74. The Labute approximate surface area is 205 Å². The summed E-state index contributed by atoms with van der Waals surface area (Å²) in [5.41, 5.74) is 3.27. The van der Waals surface area contributed by atoms with Crippen molar-refractivity contribution < 1.29 is 4.39 Å². The van der Waals surface area contributed by atoms with Gasteiger partial charge >= 0.3 is 0 Å². The number of hydrogen-bond acceptors (Lipinski definition) is 7. The van der Waals surface area contributed by atoms with E-state index in [0.29, 0.717) is 12.4 Å². The SMILES string of the molecule is CN1CC(Cc2ccc(Cl)c(F)c2)c2nnc3cc(-c4ccnc(Nc5ccnn5C)n4)cc1n23. The van der Waals surface area contributed by atoms with Crippen LogP contribution >= 0.6 is 11.6 Å². The largest absolute Gasteiger partial charge is 0.360 e. The summed E-state index contributed by atoms with van der Waals surface area (Å²) in [7, 11) is 3.88. The van der Waals surface area contributed by atoms with Crippen molar-refractivity contribution >= 4 is 34.8 Å². The third-order valence-corrected chi connectivity index (χ3v) is 6.55. The van der Waals surface area contributed by atoms with E-state index in [1.54, 1.807) is 23.1 Å². The quantitative estimate of drug-likeness (QED) is 0.395. The lowest BCUT2D eigenvalue weighted by molar-refractivity contribution is 0.583. The fourth-order valence-corrected chi connectivity index (χ4v) is 4.64. The molecule has 1 N–H and O–H groups in total. The summed E-state index contributed by atoms with van der Waals surface area (Å²) in [6, 6.07) is 12.7. The maximum atomic E-state index is 14.0. The van der Waals surface area contributed by atoms with Crippen molar-refractivity contribution in [2.75, 3.05) is 23.8 Å². The van der Waals surface area contributed by atoms with Crippen LogP contribution in [0, 0.1) is 5.82 Å². The number of nitrogens with zero attached hydrogens (tertiary/aromatic N) is 8. The molecule has 6 rings (SSSR count). The standard InChI is InChI=1S/C24H21ClFN9/c1-33-13-16(9-14-3-4-17(25)18(26)10-14)23-32-31-21-11-15(12-22(33)35(21)23)19-5-7-27-24(29-19)30-20-6-8-28-34(20)2/h3-8,10-12,16H,9,13H2,1-2H3,(H,27,29,30). The molecule has 176 valence electrons. The van der Waals surface area contributed by atoms with Gasteiger partial charge in [0.05, 0.1) is 16.9 Å². The number of rotatable bonds is 5. The van der Waals surface area contributed by atoms with Gasteiger partial charge in [-0.1, -0.05) is 17.7 Å². The molecule has 1 atom stereocenters. The molecule has 1 aromatic carbocycles. The van der Waals surface area contributed by atoms with Gasteiger partial charge in [0.25, 0.3) is 0 Å². The van der Waals surface area contributed by atoms with Crippen molar-refractivity contribution in [1.82, 2.24) is 34.3 Å². The summed E-state index contributed by atoms with van der Waals surface area (Å²) in [6.45, 7) is 0.721. The van der Waals surface area contributed by atoms with Gasteiger partial charge in [-0.05, 0) is 42.3 Å². The number of aryl methyl sites for hydroxylation is 1. The van der Waals surface area contributed by atoms with Crippen LogP contribution in [0.2, 0.25) is 5.02 Å². The number of aromatic nitrogens is 7. The first-order valence-electron chi connectivity index (χ1n) is 11.1. The molecule has 0 spiro atoms. The molecule has 1 unspecified atom stereocenters. The number of halogens is 2. The monoisotopic (exact) mass is 489 g/mol. The molecule has 11 heteroatoms. The van der Waals surface area contributed by atoms with E-state index in [4.69, 9.17) is 16.6 Å². The highest BCUT2D eigenvalue weighted by Crippen LogP contribution is 2.34. The second-order valence-electron chi connectivity index (χ2n) is 8.61. The minimum absolute atomic E-state index is 0.0580. The van der Waals surface area contributed by atoms with Crippen molar-refractivity contribution in [1.29, 1.82) is 0 Å². The first-order chi connectivity index (χ1) is 17.0. The minimum atomic E-state index is -0.410. The number of anilines is 3. The fraction of sp³-hybridized carbons (Fsp3) is 0.208. The van der Waals surface area contributed by atoms with Crippen LogP contribution in [0.3, 0.4) is 0 Å². The molecule has 0 bridgehead atoms. The smallest absolute Gasteiger partial charge is 0.228 e. The van der Waals surface area contributed by atoms with E-state index in [0.717, 1.165) is 46.5 Å².